The van der Waals surface area contributed by atoms with E-state index in [2.05, 4.69) is 51.5 Å². The number of nitrogens with zero attached hydrogens (tertiary/aromatic N) is 3. The van der Waals surface area contributed by atoms with E-state index in [0.717, 1.165) is 36.4 Å². The molecule has 1 amide bonds. The molecule has 5 aliphatic rings. The Bertz CT molecular complexity index is 1060. The van der Waals surface area contributed by atoms with Crippen LogP contribution in [0.1, 0.15) is 30.9 Å². The van der Waals surface area contributed by atoms with Crippen molar-refractivity contribution in [3.8, 4) is 0 Å². The molecule has 1 aromatic rings. The van der Waals surface area contributed by atoms with E-state index >= 15 is 0 Å². The number of rotatable bonds is 2. The van der Waals surface area contributed by atoms with Gasteiger partial charge in [-0.25, -0.2) is 5.43 Å². The topological polar surface area (TPSA) is 60.0 Å². The van der Waals surface area contributed by atoms with Crippen molar-refractivity contribution in [2.24, 2.45) is 10.9 Å². The summed E-state index contributed by atoms with van der Waals surface area (Å²) in [6.45, 7) is 2.18. The Morgan fingerprint density at radius 3 is 2.84 bits per heavy atom. The van der Waals surface area contributed by atoms with Crippen molar-refractivity contribution in [1.82, 2.24) is 20.7 Å². The zero-order valence-electron chi connectivity index (χ0n) is 17.9. The smallest absolute Gasteiger partial charge is 0.241 e. The number of benzene rings is 1. The van der Waals surface area contributed by atoms with Crippen LogP contribution in [0.5, 0.6) is 0 Å². The summed E-state index contributed by atoms with van der Waals surface area (Å²) < 4.78 is 0. The Morgan fingerprint density at radius 2 is 2.06 bits per heavy atom. The van der Waals surface area contributed by atoms with Crippen LogP contribution in [0.15, 0.2) is 50.3 Å². The van der Waals surface area contributed by atoms with E-state index in [0.29, 0.717) is 13.2 Å². The molecule has 4 heterocycles. The predicted molar refractivity (Wildman–Crippen MR) is 127 cm³/mol. The highest BCUT2D eigenvalue weighted by molar-refractivity contribution is 8.39. The van der Waals surface area contributed by atoms with Crippen LogP contribution in [0.3, 0.4) is 0 Å². The molecular formula is C23H28ClN5OS. The highest BCUT2D eigenvalue weighted by Crippen LogP contribution is 2.67. The van der Waals surface area contributed by atoms with Crippen molar-refractivity contribution in [2.75, 3.05) is 32.3 Å². The molecule has 31 heavy (non-hydrogen) atoms. The van der Waals surface area contributed by atoms with Gasteiger partial charge in [-0.3, -0.25) is 14.8 Å². The quantitative estimate of drug-likeness (QED) is 0.715. The number of hydrazine groups is 1. The van der Waals surface area contributed by atoms with Crippen LogP contribution in [0.2, 0.25) is 5.02 Å². The van der Waals surface area contributed by atoms with Gasteiger partial charge >= 0.3 is 0 Å². The molecule has 1 saturated carbocycles. The van der Waals surface area contributed by atoms with Crippen molar-refractivity contribution in [3.05, 3.63) is 55.9 Å². The number of carbonyl (C=O) groups is 1. The third-order valence-electron chi connectivity index (χ3n) is 7.09. The van der Waals surface area contributed by atoms with Crippen LogP contribution in [0.4, 0.5) is 0 Å². The molecule has 2 unspecified atom stereocenters. The largest absolute Gasteiger partial charge is 0.330 e. The van der Waals surface area contributed by atoms with E-state index in [1.54, 1.807) is 0 Å². The molecular weight excluding hydrogens is 430 g/mol. The van der Waals surface area contributed by atoms with Crippen LogP contribution >= 0.6 is 21.6 Å². The molecule has 8 heteroatoms. The van der Waals surface area contributed by atoms with E-state index in [-0.39, 0.29) is 24.0 Å². The second-order valence-corrected chi connectivity index (χ2v) is 13.2. The average Bonchev–Trinajstić information content (AvgIpc) is 3.52. The fraction of sp³-hybridized carbons (Fsp3) is 0.478. The Hall–Kier alpha value is -1.80. The molecule has 4 aliphatic heterocycles. The van der Waals surface area contributed by atoms with E-state index in [1.807, 2.05) is 17.1 Å². The van der Waals surface area contributed by atoms with Gasteiger partial charge in [0.1, 0.15) is 6.17 Å². The van der Waals surface area contributed by atoms with Gasteiger partial charge in [0.25, 0.3) is 0 Å². The fourth-order valence-electron chi connectivity index (χ4n) is 5.45. The monoisotopic (exact) mass is 457 g/mol. The van der Waals surface area contributed by atoms with Crippen LogP contribution in [-0.4, -0.2) is 60.5 Å². The molecule has 1 aromatic carbocycles. The maximum Gasteiger partial charge on any atom is 0.241 e. The van der Waals surface area contributed by atoms with Gasteiger partial charge in [0.15, 0.2) is 0 Å². The van der Waals surface area contributed by atoms with Gasteiger partial charge in [-0.15, -0.1) is 0 Å². The minimum absolute atomic E-state index is 0.0120. The standard InChI is InChI=1S/C23H28ClN5OS/c1-31(2)18-11-25-10-9-16(18)20-21(15-5-3-4-6-17(15)24)26-12-19-28(23(20)31)13-27-29(19)22(30)14-7-8-14/h3-6,11,14,19,21,26-27H,7-10,12-13H2,1-2H3. The number of carbonyl (C=O) groups excluding carboxylic acids is 1. The van der Waals surface area contributed by atoms with Crippen molar-refractivity contribution in [1.29, 1.82) is 0 Å². The second-order valence-electron chi connectivity index (χ2n) is 9.29. The molecule has 164 valence electrons. The molecule has 0 bridgehead atoms. The highest BCUT2D eigenvalue weighted by Gasteiger charge is 2.50. The van der Waals surface area contributed by atoms with Gasteiger partial charge in [0, 0.05) is 40.7 Å². The first-order chi connectivity index (χ1) is 15.0. The fourth-order valence-corrected chi connectivity index (χ4v) is 8.63. The van der Waals surface area contributed by atoms with Gasteiger partial charge in [0.05, 0.1) is 17.7 Å². The lowest BCUT2D eigenvalue weighted by molar-refractivity contribution is -0.137. The zero-order chi connectivity index (χ0) is 21.3. The third-order valence-corrected chi connectivity index (χ3v) is 10.3. The molecule has 0 spiro atoms. The van der Waals surface area contributed by atoms with E-state index in [4.69, 9.17) is 11.6 Å². The number of allylic oxidation sites excluding steroid dienone is 1. The summed E-state index contributed by atoms with van der Waals surface area (Å²) in [6, 6.07) is 8.16. The normalized spacial score (nSPS) is 30.2. The molecule has 1 aliphatic carbocycles. The minimum atomic E-state index is -1.26. The third kappa shape index (κ3) is 2.94. The summed E-state index contributed by atoms with van der Waals surface area (Å²) in [5, 5.41) is 7.87. The van der Waals surface area contributed by atoms with Gasteiger partial charge in [-0.1, -0.05) is 29.8 Å². The summed E-state index contributed by atoms with van der Waals surface area (Å²) in [5.41, 5.74) is 7.31. The van der Waals surface area contributed by atoms with Crippen molar-refractivity contribution in [3.63, 3.8) is 0 Å². The van der Waals surface area contributed by atoms with Crippen LogP contribution in [0, 0.1) is 5.92 Å². The lowest BCUT2D eigenvalue weighted by Crippen LogP contribution is -2.50. The first kappa shape index (κ1) is 19.9. The number of nitrogens with one attached hydrogen (secondary N) is 2. The molecule has 2 atom stereocenters. The summed E-state index contributed by atoms with van der Waals surface area (Å²) in [5.74, 6) is 0.420. The summed E-state index contributed by atoms with van der Waals surface area (Å²) >= 11 is 6.71. The Balaban J connectivity index is 1.51. The van der Waals surface area contributed by atoms with Crippen molar-refractivity contribution >= 4 is 33.8 Å². The molecule has 0 radical (unpaired) electrons. The zero-order valence-corrected chi connectivity index (χ0v) is 19.5. The maximum absolute atomic E-state index is 13.0. The van der Waals surface area contributed by atoms with Gasteiger partial charge in [0.2, 0.25) is 5.91 Å². The van der Waals surface area contributed by atoms with Crippen LogP contribution < -0.4 is 10.7 Å². The lowest BCUT2D eigenvalue weighted by atomic mass is 9.91. The molecule has 2 N–H and O–H groups in total. The number of aliphatic imine (C=N–C) groups is 1. The summed E-state index contributed by atoms with van der Waals surface area (Å²) in [4.78, 5) is 21.5. The summed E-state index contributed by atoms with van der Waals surface area (Å²) in [7, 11) is -1.26. The van der Waals surface area contributed by atoms with Crippen molar-refractivity contribution in [2.45, 2.75) is 31.5 Å². The summed E-state index contributed by atoms with van der Waals surface area (Å²) in [6.07, 6.45) is 9.81. The van der Waals surface area contributed by atoms with E-state index in [1.165, 1.54) is 21.1 Å². The average molecular weight is 458 g/mol. The first-order valence-corrected chi connectivity index (χ1v) is 13.8. The van der Waals surface area contributed by atoms with Gasteiger partial charge < -0.3 is 10.2 Å². The Morgan fingerprint density at radius 1 is 1.26 bits per heavy atom. The lowest BCUT2D eigenvalue weighted by Gasteiger charge is -2.39. The highest BCUT2D eigenvalue weighted by atomic mass is 35.5. The molecule has 0 aromatic heterocycles. The van der Waals surface area contributed by atoms with Crippen LogP contribution in [-0.2, 0) is 4.79 Å². The number of fused-ring (bicyclic) bond motifs is 3. The first-order valence-electron chi connectivity index (χ1n) is 11.0. The molecule has 6 rings (SSSR count). The molecule has 1 saturated heterocycles. The van der Waals surface area contributed by atoms with E-state index in [9.17, 15) is 4.79 Å². The number of dihydropyridines is 1. The minimum Gasteiger partial charge on any atom is -0.330 e. The van der Waals surface area contributed by atoms with Crippen LogP contribution in [0.25, 0.3) is 0 Å². The Kier molecular flexibility index (Phi) is 4.55. The number of amides is 1. The van der Waals surface area contributed by atoms with E-state index < -0.39 is 10.0 Å². The predicted octanol–water partition coefficient (Wildman–Crippen LogP) is 3.34. The molecule has 2 fully saturated rings. The Labute approximate surface area is 189 Å². The van der Waals surface area contributed by atoms with Gasteiger partial charge in [-0.05, 0) is 49.0 Å². The SMILES string of the molecule is CS1(C)C2=C(CCN=C2)C2=C1N1CNN(C(=O)C3CC3)C1CNC2c1ccccc1Cl. The van der Waals surface area contributed by atoms with Gasteiger partial charge in [-0.2, -0.15) is 10.0 Å². The maximum atomic E-state index is 13.0. The second kappa shape index (κ2) is 7.10. The number of hydrogen-bond acceptors (Lipinski definition) is 5. The molecule has 6 nitrogen and oxygen atoms in total. The van der Waals surface area contributed by atoms with Crippen molar-refractivity contribution < 1.29 is 4.79 Å². The number of hydrogen-bond donors (Lipinski definition) is 2. The number of halogens is 1.